The van der Waals surface area contributed by atoms with Crippen molar-refractivity contribution in [2.24, 2.45) is 11.8 Å². The molecule has 0 spiro atoms. The van der Waals surface area contributed by atoms with Crippen LogP contribution in [-0.4, -0.2) is 57.9 Å². The van der Waals surface area contributed by atoms with Gasteiger partial charge in [-0.15, -0.1) is 0 Å². The van der Waals surface area contributed by atoms with Crippen LogP contribution in [0.15, 0.2) is 30.3 Å². The molecule has 4 rings (SSSR count). The molecule has 8 nitrogen and oxygen atoms in total. The predicted octanol–water partition coefficient (Wildman–Crippen LogP) is 0.815. The summed E-state index contributed by atoms with van der Waals surface area (Å²) in [7, 11) is 1.47. The second-order valence-electron chi connectivity index (χ2n) is 6.68. The van der Waals surface area contributed by atoms with Gasteiger partial charge in [-0.25, -0.2) is 4.39 Å². The van der Waals surface area contributed by atoms with Crippen LogP contribution < -0.4 is 4.74 Å². The average molecular weight is 372 g/mol. The summed E-state index contributed by atoms with van der Waals surface area (Å²) >= 11 is 0. The molecule has 2 aliphatic rings. The van der Waals surface area contributed by atoms with Crippen LogP contribution in [0.1, 0.15) is 16.2 Å². The second kappa shape index (κ2) is 6.49. The smallest absolute Gasteiger partial charge is 0.274 e. The SMILES string of the molecule is CN1C(=O)[C@H]2CN(C(=O)c3cc(COc4cccc(F)c4)[nH]n3)C[C@H]2C1=O. The fourth-order valence-electron chi connectivity index (χ4n) is 3.50. The van der Waals surface area contributed by atoms with E-state index in [2.05, 4.69) is 10.2 Å². The van der Waals surface area contributed by atoms with Gasteiger partial charge in [0.1, 0.15) is 18.2 Å². The van der Waals surface area contributed by atoms with E-state index < -0.39 is 17.7 Å². The second-order valence-corrected chi connectivity index (χ2v) is 6.68. The Morgan fingerprint density at radius 3 is 2.63 bits per heavy atom. The molecule has 2 fully saturated rings. The molecule has 140 valence electrons. The van der Waals surface area contributed by atoms with E-state index in [-0.39, 0.29) is 43.1 Å². The van der Waals surface area contributed by atoms with Gasteiger partial charge in [0.15, 0.2) is 5.69 Å². The summed E-state index contributed by atoms with van der Waals surface area (Å²) in [5.41, 5.74) is 0.731. The number of amides is 3. The zero-order valence-corrected chi connectivity index (χ0v) is 14.5. The maximum Gasteiger partial charge on any atom is 0.274 e. The number of aromatic amines is 1. The van der Waals surface area contributed by atoms with Gasteiger partial charge in [-0.1, -0.05) is 6.07 Å². The van der Waals surface area contributed by atoms with Crippen molar-refractivity contribution in [1.29, 1.82) is 0 Å². The molecule has 9 heteroatoms. The quantitative estimate of drug-likeness (QED) is 0.802. The van der Waals surface area contributed by atoms with Crippen LogP contribution in [-0.2, 0) is 16.2 Å². The highest BCUT2D eigenvalue weighted by Crippen LogP contribution is 2.33. The number of H-pyrrole nitrogens is 1. The molecule has 1 aromatic heterocycles. The number of nitrogens with one attached hydrogen (secondary N) is 1. The minimum atomic E-state index is -0.471. The van der Waals surface area contributed by atoms with Crippen molar-refractivity contribution in [3.63, 3.8) is 0 Å². The molecule has 0 unspecified atom stereocenters. The molecule has 0 aliphatic carbocycles. The first kappa shape index (κ1) is 17.2. The third kappa shape index (κ3) is 3.05. The van der Waals surface area contributed by atoms with E-state index in [1.165, 1.54) is 30.1 Å². The van der Waals surface area contributed by atoms with Crippen molar-refractivity contribution in [1.82, 2.24) is 20.0 Å². The molecule has 0 saturated carbocycles. The summed E-state index contributed by atoms with van der Waals surface area (Å²) in [5.74, 6) is -1.81. The number of nitrogens with zero attached hydrogens (tertiary/aromatic N) is 3. The maximum absolute atomic E-state index is 13.2. The topological polar surface area (TPSA) is 95.6 Å². The molecule has 27 heavy (non-hydrogen) atoms. The van der Waals surface area contributed by atoms with E-state index in [9.17, 15) is 18.8 Å². The molecule has 3 heterocycles. The van der Waals surface area contributed by atoms with Gasteiger partial charge in [0, 0.05) is 26.2 Å². The predicted molar refractivity (Wildman–Crippen MR) is 90.0 cm³/mol. The molecule has 2 aliphatic heterocycles. The highest BCUT2D eigenvalue weighted by Gasteiger charge is 2.52. The van der Waals surface area contributed by atoms with Crippen molar-refractivity contribution in [2.45, 2.75) is 6.61 Å². The minimum absolute atomic E-state index is 0.0940. The Balaban J connectivity index is 1.39. The van der Waals surface area contributed by atoms with Crippen LogP contribution in [0, 0.1) is 17.7 Å². The number of likely N-dealkylation sites (tertiary alicyclic amines) is 2. The third-order valence-electron chi connectivity index (χ3n) is 4.94. The van der Waals surface area contributed by atoms with Crippen LogP contribution >= 0.6 is 0 Å². The van der Waals surface area contributed by atoms with Crippen molar-refractivity contribution in [3.8, 4) is 5.75 Å². The Kier molecular flexibility index (Phi) is 4.14. The minimum Gasteiger partial charge on any atom is -0.487 e. The van der Waals surface area contributed by atoms with Gasteiger partial charge in [0.2, 0.25) is 11.8 Å². The lowest BCUT2D eigenvalue weighted by Gasteiger charge is -2.17. The molecule has 0 radical (unpaired) electrons. The molecule has 2 atom stereocenters. The first-order valence-electron chi connectivity index (χ1n) is 8.47. The van der Waals surface area contributed by atoms with Crippen molar-refractivity contribution >= 4 is 17.7 Å². The third-order valence-corrected chi connectivity index (χ3v) is 4.94. The number of halogens is 1. The van der Waals surface area contributed by atoms with E-state index >= 15 is 0 Å². The molecular formula is C18H17FN4O4. The van der Waals surface area contributed by atoms with Gasteiger partial charge in [-0.05, 0) is 18.2 Å². The van der Waals surface area contributed by atoms with Crippen LogP contribution in [0.2, 0.25) is 0 Å². The van der Waals surface area contributed by atoms with Crippen molar-refractivity contribution in [2.75, 3.05) is 20.1 Å². The van der Waals surface area contributed by atoms with E-state index in [1.54, 1.807) is 12.1 Å². The highest BCUT2D eigenvalue weighted by atomic mass is 19.1. The van der Waals surface area contributed by atoms with Gasteiger partial charge in [0.25, 0.3) is 5.91 Å². The number of ether oxygens (including phenoxy) is 1. The molecule has 2 aromatic rings. The summed E-state index contributed by atoms with van der Waals surface area (Å²) in [4.78, 5) is 39.3. The van der Waals surface area contributed by atoms with Crippen LogP contribution in [0.5, 0.6) is 5.75 Å². The highest BCUT2D eigenvalue weighted by molar-refractivity contribution is 6.06. The standard InChI is InChI=1S/C18H17FN4O4/c1-22-16(24)13-7-23(8-14(13)17(22)25)18(26)15-6-11(20-21-15)9-27-12-4-2-3-10(19)5-12/h2-6,13-14H,7-9H2,1H3,(H,20,21)/t13-,14+. The van der Waals surface area contributed by atoms with Gasteiger partial charge in [-0.3, -0.25) is 24.4 Å². The number of hydrogen-bond acceptors (Lipinski definition) is 5. The number of carbonyl (C=O) groups excluding carboxylic acids is 3. The van der Waals surface area contributed by atoms with Crippen LogP contribution in [0.3, 0.4) is 0 Å². The van der Waals surface area contributed by atoms with E-state index in [1.807, 2.05) is 0 Å². The van der Waals surface area contributed by atoms with Gasteiger partial charge in [0.05, 0.1) is 17.5 Å². The first-order valence-corrected chi connectivity index (χ1v) is 8.47. The van der Waals surface area contributed by atoms with E-state index in [4.69, 9.17) is 4.74 Å². The first-order chi connectivity index (χ1) is 12.9. The van der Waals surface area contributed by atoms with Gasteiger partial charge < -0.3 is 9.64 Å². The fraction of sp³-hybridized carbons (Fsp3) is 0.333. The number of imide groups is 1. The number of benzene rings is 1. The monoisotopic (exact) mass is 372 g/mol. The lowest BCUT2D eigenvalue weighted by Crippen LogP contribution is -2.36. The summed E-state index contributed by atoms with van der Waals surface area (Å²) in [6.07, 6.45) is 0. The molecule has 1 N–H and O–H groups in total. The molecule has 1 aromatic carbocycles. The Labute approximate surface area is 153 Å². The summed E-state index contributed by atoms with van der Waals surface area (Å²) in [6.45, 7) is 0.511. The van der Waals surface area contributed by atoms with Crippen molar-refractivity contribution in [3.05, 3.63) is 47.5 Å². The average Bonchev–Trinajstić information content (AvgIpc) is 3.35. The van der Waals surface area contributed by atoms with Gasteiger partial charge in [-0.2, -0.15) is 5.10 Å². The Bertz CT molecular complexity index is 904. The summed E-state index contributed by atoms with van der Waals surface area (Å²) in [5, 5.41) is 6.70. The zero-order chi connectivity index (χ0) is 19.1. The molecule has 2 saturated heterocycles. The number of rotatable bonds is 4. The Hall–Kier alpha value is -3.23. The fourth-order valence-corrected chi connectivity index (χ4v) is 3.50. The molecule has 0 bridgehead atoms. The number of carbonyl (C=O) groups is 3. The largest absolute Gasteiger partial charge is 0.487 e. The Morgan fingerprint density at radius 1 is 1.26 bits per heavy atom. The normalized spacial score (nSPS) is 21.7. The maximum atomic E-state index is 13.2. The zero-order valence-electron chi connectivity index (χ0n) is 14.5. The van der Waals surface area contributed by atoms with Crippen molar-refractivity contribution < 1.29 is 23.5 Å². The number of aromatic nitrogens is 2. The van der Waals surface area contributed by atoms with E-state index in [0.717, 1.165) is 4.90 Å². The number of fused-ring (bicyclic) bond motifs is 1. The molecular weight excluding hydrogens is 355 g/mol. The van der Waals surface area contributed by atoms with Gasteiger partial charge >= 0.3 is 0 Å². The van der Waals surface area contributed by atoms with Crippen LogP contribution in [0.4, 0.5) is 4.39 Å². The lowest BCUT2D eigenvalue weighted by atomic mass is 10.00. The van der Waals surface area contributed by atoms with E-state index in [0.29, 0.717) is 11.4 Å². The number of hydrogen-bond donors (Lipinski definition) is 1. The van der Waals surface area contributed by atoms with Crippen LogP contribution in [0.25, 0.3) is 0 Å². The summed E-state index contributed by atoms with van der Waals surface area (Å²) in [6, 6.07) is 7.29. The Morgan fingerprint density at radius 2 is 1.96 bits per heavy atom. The molecule has 3 amide bonds. The summed E-state index contributed by atoms with van der Waals surface area (Å²) < 4.78 is 18.6. The lowest BCUT2D eigenvalue weighted by molar-refractivity contribution is -0.138.